The summed E-state index contributed by atoms with van der Waals surface area (Å²) in [5.41, 5.74) is 8.44. The smallest absolute Gasteiger partial charge is 0.366 e. The number of carbonyl (C=O) groups excluding carboxylic acids is 2. The van der Waals surface area contributed by atoms with Crippen LogP contribution in [0.4, 0.5) is 13.2 Å². The average molecular weight is 343 g/mol. The van der Waals surface area contributed by atoms with Crippen LogP contribution < -0.4 is 11.2 Å². The maximum atomic E-state index is 12.7. The van der Waals surface area contributed by atoms with Crippen LogP contribution in [0.3, 0.4) is 0 Å². The van der Waals surface area contributed by atoms with E-state index >= 15 is 0 Å². The van der Waals surface area contributed by atoms with Crippen LogP contribution in [0.1, 0.15) is 46.4 Å². The SMILES string of the molecule is CN(NC(=O)c1ccc(C(N)=O)cc1)C1CCC(C(F)(F)F)CC1. The minimum absolute atomic E-state index is 0.0711. The second kappa shape index (κ2) is 7.21. The lowest BCUT2D eigenvalue weighted by atomic mass is 9.85. The van der Waals surface area contributed by atoms with E-state index in [-0.39, 0.29) is 24.8 Å². The highest BCUT2D eigenvalue weighted by Gasteiger charge is 2.42. The van der Waals surface area contributed by atoms with Crippen LogP contribution >= 0.6 is 0 Å². The van der Waals surface area contributed by atoms with E-state index in [1.165, 1.54) is 24.3 Å². The van der Waals surface area contributed by atoms with Crippen molar-refractivity contribution in [3.63, 3.8) is 0 Å². The Morgan fingerprint density at radius 1 is 1.08 bits per heavy atom. The molecule has 1 aliphatic carbocycles. The van der Waals surface area contributed by atoms with Gasteiger partial charge in [-0.3, -0.25) is 15.0 Å². The molecule has 1 aromatic rings. The highest BCUT2D eigenvalue weighted by Crippen LogP contribution is 2.38. The molecule has 0 atom stereocenters. The summed E-state index contributed by atoms with van der Waals surface area (Å²) in [7, 11) is 1.65. The Morgan fingerprint density at radius 3 is 2.04 bits per heavy atom. The van der Waals surface area contributed by atoms with Crippen molar-refractivity contribution in [1.82, 2.24) is 10.4 Å². The summed E-state index contributed by atoms with van der Waals surface area (Å²) in [6.45, 7) is 0. The second-order valence-electron chi connectivity index (χ2n) is 6.04. The standard InChI is InChI=1S/C16H20F3N3O2/c1-22(13-8-6-12(7-9-13)16(17,18)19)21-15(24)11-4-2-10(3-5-11)14(20)23/h2-5,12-13H,6-9H2,1H3,(H2,20,23)(H,21,24). The summed E-state index contributed by atoms with van der Waals surface area (Å²) in [5.74, 6) is -2.22. The minimum Gasteiger partial charge on any atom is -0.366 e. The molecular weight excluding hydrogens is 323 g/mol. The summed E-state index contributed by atoms with van der Waals surface area (Å²) in [6.07, 6.45) is -3.25. The third-order valence-electron chi connectivity index (χ3n) is 4.42. The number of amides is 2. The number of halogens is 3. The number of hydrogen-bond acceptors (Lipinski definition) is 3. The molecule has 1 fully saturated rings. The first kappa shape index (κ1) is 18.3. The highest BCUT2D eigenvalue weighted by atomic mass is 19.4. The number of nitrogens with two attached hydrogens (primary N) is 1. The van der Waals surface area contributed by atoms with Gasteiger partial charge in [0.15, 0.2) is 0 Å². The van der Waals surface area contributed by atoms with Crippen molar-refractivity contribution in [3.05, 3.63) is 35.4 Å². The maximum Gasteiger partial charge on any atom is 0.391 e. The van der Waals surface area contributed by atoms with Gasteiger partial charge in [-0.15, -0.1) is 0 Å². The molecule has 0 aromatic heterocycles. The molecule has 8 heteroatoms. The van der Waals surface area contributed by atoms with Crippen molar-refractivity contribution < 1.29 is 22.8 Å². The maximum absolute atomic E-state index is 12.7. The minimum atomic E-state index is -4.14. The summed E-state index contributed by atoms with van der Waals surface area (Å²) < 4.78 is 38.0. The number of carbonyl (C=O) groups is 2. The summed E-state index contributed by atoms with van der Waals surface area (Å²) >= 11 is 0. The predicted molar refractivity (Wildman–Crippen MR) is 82.0 cm³/mol. The third-order valence-corrected chi connectivity index (χ3v) is 4.42. The summed E-state index contributed by atoms with van der Waals surface area (Å²) in [5, 5.41) is 1.57. The first-order chi connectivity index (χ1) is 11.2. The van der Waals surface area contributed by atoms with Crippen LogP contribution in [0.15, 0.2) is 24.3 Å². The van der Waals surface area contributed by atoms with Gasteiger partial charge in [0.1, 0.15) is 0 Å². The largest absolute Gasteiger partial charge is 0.391 e. The Balaban J connectivity index is 1.89. The normalized spacial score (nSPS) is 21.5. The highest BCUT2D eigenvalue weighted by molar-refractivity contribution is 5.97. The number of rotatable bonds is 4. The molecule has 1 aromatic carbocycles. The molecule has 0 radical (unpaired) electrons. The Bertz CT molecular complexity index is 594. The molecule has 0 aliphatic heterocycles. The lowest BCUT2D eigenvalue weighted by Gasteiger charge is -2.35. The van der Waals surface area contributed by atoms with Gasteiger partial charge in [0.25, 0.3) is 5.91 Å². The lowest BCUT2D eigenvalue weighted by Crippen LogP contribution is -2.48. The van der Waals surface area contributed by atoms with E-state index in [0.29, 0.717) is 24.0 Å². The zero-order valence-electron chi connectivity index (χ0n) is 13.3. The first-order valence-corrected chi connectivity index (χ1v) is 7.69. The van der Waals surface area contributed by atoms with Crippen molar-refractivity contribution in [2.45, 2.75) is 37.9 Å². The predicted octanol–water partition coefficient (Wildman–Crippen LogP) is 2.48. The quantitative estimate of drug-likeness (QED) is 0.825. The second-order valence-corrected chi connectivity index (χ2v) is 6.04. The Hall–Kier alpha value is -2.09. The molecule has 1 saturated carbocycles. The van der Waals surface area contributed by atoms with Crippen LogP contribution in [-0.2, 0) is 0 Å². The first-order valence-electron chi connectivity index (χ1n) is 7.69. The average Bonchev–Trinajstić information content (AvgIpc) is 2.54. The van der Waals surface area contributed by atoms with Gasteiger partial charge in [0.2, 0.25) is 5.91 Å². The molecule has 0 heterocycles. The van der Waals surface area contributed by atoms with E-state index in [0.717, 1.165) is 0 Å². The molecule has 0 saturated heterocycles. The van der Waals surface area contributed by atoms with Crippen molar-refractivity contribution in [3.8, 4) is 0 Å². The molecule has 5 nitrogen and oxygen atoms in total. The van der Waals surface area contributed by atoms with E-state index in [9.17, 15) is 22.8 Å². The van der Waals surface area contributed by atoms with Gasteiger partial charge in [-0.1, -0.05) is 0 Å². The zero-order chi connectivity index (χ0) is 17.9. The number of nitrogens with zero attached hydrogens (tertiary/aromatic N) is 1. The van der Waals surface area contributed by atoms with Crippen molar-refractivity contribution in [2.24, 2.45) is 11.7 Å². The topological polar surface area (TPSA) is 75.4 Å². The number of benzene rings is 1. The molecule has 0 bridgehead atoms. The van der Waals surface area contributed by atoms with E-state index < -0.39 is 18.0 Å². The van der Waals surface area contributed by atoms with Crippen LogP contribution in [0.5, 0.6) is 0 Å². The lowest BCUT2D eigenvalue weighted by molar-refractivity contribution is -0.184. The monoisotopic (exact) mass is 343 g/mol. The zero-order valence-corrected chi connectivity index (χ0v) is 13.3. The molecule has 2 amide bonds. The van der Waals surface area contributed by atoms with E-state index in [1.807, 2.05) is 0 Å². The number of hydrogen-bond donors (Lipinski definition) is 2. The fraction of sp³-hybridized carbons (Fsp3) is 0.500. The van der Waals surface area contributed by atoms with Crippen LogP contribution in [-0.4, -0.2) is 36.1 Å². The van der Waals surface area contributed by atoms with Crippen molar-refractivity contribution in [1.29, 1.82) is 0 Å². The number of alkyl halides is 3. The van der Waals surface area contributed by atoms with Gasteiger partial charge >= 0.3 is 6.18 Å². The molecule has 132 valence electrons. The van der Waals surface area contributed by atoms with Crippen LogP contribution in [0.2, 0.25) is 0 Å². The van der Waals surface area contributed by atoms with Gasteiger partial charge in [-0.2, -0.15) is 13.2 Å². The van der Waals surface area contributed by atoms with Crippen molar-refractivity contribution in [2.75, 3.05) is 7.05 Å². The molecule has 2 rings (SSSR count). The summed E-state index contributed by atoms with van der Waals surface area (Å²) in [4.78, 5) is 23.2. The van der Waals surface area contributed by atoms with Crippen LogP contribution in [0.25, 0.3) is 0 Å². The fourth-order valence-electron chi connectivity index (χ4n) is 2.89. The fourth-order valence-corrected chi connectivity index (χ4v) is 2.89. The number of hydrazine groups is 1. The van der Waals surface area contributed by atoms with Gasteiger partial charge in [0, 0.05) is 24.2 Å². The molecule has 3 N–H and O–H groups in total. The molecule has 24 heavy (non-hydrogen) atoms. The molecule has 0 spiro atoms. The number of primary amides is 1. The van der Waals surface area contributed by atoms with Gasteiger partial charge < -0.3 is 5.73 Å². The number of nitrogens with one attached hydrogen (secondary N) is 1. The van der Waals surface area contributed by atoms with E-state index in [4.69, 9.17) is 5.73 Å². The Morgan fingerprint density at radius 2 is 1.58 bits per heavy atom. The van der Waals surface area contributed by atoms with Gasteiger partial charge in [0.05, 0.1) is 5.92 Å². The van der Waals surface area contributed by atoms with E-state index in [2.05, 4.69) is 5.43 Å². The van der Waals surface area contributed by atoms with Crippen molar-refractivity contribution >= 4 is 11.8 Å². The van der Waals surface area contributed by atoms with Crippen LogP contribution in [0, 0.1) is 5.92 Å². The van der Waals surface area contributed by atoms with Gasteiger partial charge in [-0.25, -0.2) is 5.01 Å². The Kier molecular flexibility index (Phi) is 5.48. The Labute approximate surface area is 138 Å². The summed E-state index contributed by atoms with van der Waals surface area (Å²) in [6, 6.07) is 5.73. The third kappa shape index (κ3) is 4.47. The molecule has 1 aliphatic rings. The molecule has 0 unspecified atom stereocenters. The van der Waals surface area contributed by atoms with E-state index in [1.54, 1.807) is 12.1 Å². The van der Waals surface area contributed by atoms with Gasteiger partial charge in [-0.05, 0) is 49.9 Å². The molecular formula is C16H20F3N3O2.